The molecule has 0 heterocycles. The summed E-state index contributed by atoms with van der Waals surface area (Å²) in [6.07, 6.45) is 0. The van der Waals surface area contributed by atoms with Gasteiger partial charge in [0.2, 0.25) is 0 Å². The van der Waals surface area contributed by atoms with E-state index in [4.69, 9.17) is 9.47 Å². The molecule has 0 aliphatic carbocycles. The van der Waals surface area contributed by atoms with Crippen molar-refractivity contribution in [2.45, 2.75) is 13.8 Å². The zero-order valence-corrected chi connectivity index (χ0v) is 12.0. The highest BCUT2D eigenvalue weighted by atomic mass is 79.9. The Hall–Kier alpha value is -1.30. The lowest BCUT2D eigenvalue weighted by Gasteiger charge is -2.14. The highest BCUT2D eigenvalue weighted by Gasteiger charge is 2.24. The second-order valence-electron chi connectivity index (χ2n) is 3.23. The van der Waals surface area contributed by atoms with Crippen LogP contribution in [0.4, 0.5) is 4.39 Å². The first kappa shape index (κ1) is 14.8. The molecule has 1 aromatic carbocycles. The number of ether oxygens (including phenoxy) is 3. The van der Waals surface area contributed by atoms with Crippen molar-refractivity contribution in [3.8, 4) is 11.5 Å². The van der Waals surface area contributed by atoms with Crippen LogP contribution in [0.5, 0.6) is 11.5 Å². The van der Waals surface area contributed by atoms with E-state index in [1.165, 1.54) is 13.2 Å². The Morgan fingerprint density at radius 2 is 1.94 bits per heavy atom. The van der Waals surface area contributed by atoms with Crippen LogP contribution in [-0.2, 0) is 4.74 Å². The van der Waals surface area contributed by atoms with Crippen molar-refractivity contribution in [2.24, 2.45) is 0 Å². The number of rotatable bonds is 5. The topological polar surface area (TPSA) is 44.8 Å². The predicted molar refractivity (Wildman–Crippen MR) is 67.8 cm³/mol. The summed E-state index contributed by atoms with van der Waals surface area (Å²) in [4.78, 5) is 11.5. The molecular formula is C12H14BrFO4. The maximum Gasteiger partial charge on any atom is 0.342 e. The van der Waals surface area contributed by atoms with Crippen LogP contribution in [0.1, 0.15) is 24.2 Å². The van der Waals surface area contributed by atoms with Crippen LogP contribution in [-0.4, -0.2) is 26.3 Å². The molecule has 0 amide bonds. The van der Waals surface area contributed by atoms with Crippen LogP contribution in [0.15, 0.2) is 10.5 Å². The van der Waals surface area contributed by atoms with Gasteiger partial charge in [0, 0.05) is 4.47 Å². The van der Waals surface area contributed by atoms with E-state index in [9.17, 15) is 9.18 Å². The van der Waals surface area contributed by atoms with Gasteiger partial charge in [0.25, 0.3) is 0 Å². The second-order valence-corrected chi connectivity index (χ2v) is 4.09. The molecule has 1 rings (SSSR count). The summed E-state index contributed by atoms with van der Waals surface area (Å²) in [5.74, 6) is -1.40. The molecule has 1 aromatic rings. The van der Waals surface area contributed by atoms with Gasteiger partial charge in [-0.1, -0.05) is 0 Å². The lowest BCUT2D eigenvalue weighted by atomic mass is 10.2. The van der Waals surface area contributed by atoms with E-state index >= 15 is 0 Å². The minimum Gasteiger partial charge on any atom is -0.490 e. The molecule has 0 aliphatic heterocycles. The van der Waals surface area contributed by atoms with Crippen LogP contribution < -0.4 is 9.47 Å². The van der Waals surface area contributed by atoms with Crippen molar-refractivity contribution in [1.82, 2.24) is 0 Å². The van der Waals surface area contributed by atoms with Crippen LogP contribution in [0.3, 0.4) is 0 Å². The lowest BCUT2D eigenvalue weighted by Crippen LogP contribution is -2.09. The number of halogens is 2. The Kier molecular flexibility index (Phi) is 5.40. The summed E-state index contributed by atoms with van der Waals surface area (Å²) in [7, 11) is 1.19. The molecule has 0 fully saturated rings. The van der Waals surface area contributed by atoms with E-state index in [-0.39, 0.29) is 28.1 Å². The first-order valence-electron chi connectivity index (χ1n) is 5.42. The molecule has 0 spiro atoms. The summed E-state index contributed by atoms with van der Waals surface area (Å²) in [6.45, 7) is 4.12. The highest BCUT2D eigenvalue weighted by molar-refractivity contribution is 9.10. The van der Waals surface area contributed by atoms with Crippen LogP contribution in [0, 0.1) is 5.82 Å². The van der Waals surface area contributed by atoms with Gasteiger partial charge in [-0.25, -0.2) is 9.18 Å². The van der Waals surface area contributed by atoms with Gasteiger partial charge in [-0.3, -0.25) is 0 Å². The SMILES string of the molecule is CCOc1cc(Br)c(C(=O)OC)c(F)c1OCC. The molecule has 100 valence electrons. The maximum absolute atomic E-state index is 14.2. The molecule has 0 saturated heterocycles. The third-order valence-electron chi connectivity index (χ3n) is 2.12. The van der Waals surface area contributed by atoms with Gasteiger partial charge in [-0.05, 0) is 35.8 Å². The van der Waals surface area contributed by atoms with Crippen LogP contribution >= 0.6 is 15.9 Å². The second kappa shape index (κ2) is 6.58. The normalized spacial score (nSPS) is 10.1. The van der Waals surface area contributed by atoms with Crippen molar-refractivity contribution in [3.63, 3.8) is 0 Å². The van der Waals surface area contributed by atoms with Crippen molar-refractivity contribution in [2.75, 3.05) is 20.3 Å². The van der Waals surface area contributed by atoms with Gasteiger partial charge in [0.05, 0.1) is 20.3 Å². The molecule has 0 bridgehead atoms. The molecule has 0 unspecified atom stereocenters. The number of carbonyl (C=O) groups excluding carboxylic acids is 1. The zero-order chi connectivity index (χ0) is 13.7. The third-order valence-corrected chi connectivity index (χ3v) is 2.74. The van der Waals surface area contributed by atoms with E-state index in [1.54, 1.807) is 13.8 Å². The van der Waals surface area contributed by atoms with Crippen molar-refractivity contribution in [3.05, 3.63) is 21.9 Å². The minimum absolute atomic E-state index is 0.0806. The molecule has 0 N–H and O–H groups in total. The Bertz CT molecular complexity index is 448. The summed E-state index contributed by atoms with van der Waals surface area (Å²) in [5.41, 5.74) is -0.204. The van der Waals surface area contributed by atoms with Gasteiger partial charge in [-0.2, -0.15) is 0 Å². The first-order chi connectivity index (χ1) is 8.56. The lowest BCUT2D eigenvalue weighted by molar-refractivity contribution is 0.0593. The van der Waals surface area contributed by atoms with Gasteiger partial charge in [-0.15, -0.1) is 0 Å². The van der Waals surface area contributed by atoms with E-state index in [0.29, 0.717) is 6.61 Å². The predicted octanol–water partition coefficient (Wildman–Crippen LogP) is 3.17. The smallest absolute Gasteiger partial charge is 0.342 e. The fourth-order valence-electron chi connectivity index (χ4n) is 1.41. The Morgan fingerprint density at radius 1 is 1.33 bits per heavy atom. The fraction of sp³-hybridized carbons (Fsp3) is 0.417. The number of hydrogen-bond donors (Lipinski definition) is 0. The number of carbonyl (C=O) groups is 1. The van der Waals surface area contributed by atoms with Crippen molar-refractivity contribution >= 4 is 21.9 Å². The van der Waals surface area contributed by atoms with E-state index in [0.717, 1.165) is 0 Å². The first-order valence-corrected chi connectivity index (χ1v) is 6.21. The number of esters is 1. The summed E-state index contributed by atoms with van der Waals surface area (Å²) < 4.78 is 29.4. The fourth-order valence-corrected chi connectivity index (χ4v) is 1.95. The molecule has 0 atom stereocenters. The number of benzene rings is 1. The molecule has 0 saturated carbocycles. The Labute approximate surface area is 113 Å². The van der Waals surface area contributed by atoms with Gasteiger partial charge in [0.15, 0.2) is 17.3 Å². The summed E-state index contributed by atoms with van der Waals surface area (Å²) in [5, 5.41) is 0. The maximum atomic E-state index is 14.2. The van der Waals surface area contributed by atoms with E-state index < -0.39 is 11.8 Å². The summed E-state index contributed by atoms with van der Waals surface area (Å²) >= 11 is 3.12. The van der Waals surface area contributed by atoms with Gasteiger partial charge < -0.3 is 14.2 Å². The van der Waals surface area contributed by atoms with Crippen LogP contribution in [0.2, 0.25) is 0 Å². The van der Waals surface area contributed by atoms with Gasteiger partial charge in [0.1, 0.15) is 5.56 Å². The molecular weight excluding hydrogens is 307 g/mol. The average molecular weight is 321 g/mol. The standard InChI is InChI=1S/C12H14BrFO4/c1-4-17-8-6-7(13)9(12(15)16-3)10(14)11(8)18-5-2/h6H,4-5H2,1-3H3. The van der Waals surface area contributed by atoms with Crippen molar-refractivity contribution < 1.29 is 23.4 Å². The Morgan fingerprint density at radius 3 is 2.44 bits per heavy atom. The highest BCUT2D eigenvalue weighted by Crippen LogP contribution is 2.37. The van der Waals surface area contributed by atoms with E-state index in [1.807, 2.05) is 0 Å². The molecule has 18 heavy (non-hydrogen) atoms. The summed E-state index contributed by atoms with van der Waals surface area (Å²) in [6, 6.07) is 1.49. The average Bonchev–Trinajstić information content (AvgIpc) is 2.34. The van der Waals surface area contributed by atoms with Crippen LogP contribution in [0.25, 0.3) is 0 Å². The zero-order valence-electron chi connectivity index (χ0n) is 10.4. The quantitative estimate of drug-likeness (QED) is 0.782. The number of hydrogen-bond acceptors (Lipinski definition) is 4. The molecule has 0 radical (unpaired) electrons. The Balaban J connectivity index is 3.39. The molecule has 4 nitrogen and oxygen atoms in total. The minimum atomic E-state index is -0.790. The third kappa shape index (κ3) is 2.93. The van der Waals surface area contributed by atoms with Gasteiger partial charge >= 0.3 is 5.97 Å². The van der Waals surface area contributed by atoms with Crippen molar-refractivity contribution in [1.29, 1.82) is 0 Å². The monoisotopic (exact) mass is 320 g/mol. The molecule has 0 aliphatic rings. The molecule has 6 heteroatoms. The largest absolute Gasteiger partial charge is 0.490 e. The number of methoxy groups -OCH3 is 1. The van der Waals surface area contributed by atoms with E-state index in [2.05, 4.69) is 20.7 Å². The molecule has 0 aromatic heterocycles.